The van der Waals surface area contributed by atoms with Crippen LogP contribution in [0.25, 0.3) is 0 Å². The first kappa shape index (κ1) is 17.7. The molecule has 0 saturated carbocycles. The summed E-state index contributed by atoms with van der Waals surface area (Å²) in [6.45, 7) is 0. The van der Waals surface area contributed by atoms with Crippen molar-refractivity contribution in [2.45, 2.75) is 5.50 Å². The van der Waals surface area contributed by atoms with Gasteiger partial charge in [-0.05, 0) is 23.6 Å². The van der Waals surface area contributed by atoms with Gasteiger partial charge >= 0.3 is 5.97 Å². The van der Waals surface area contributed by atoms with Gasteiger partial charge in [-0.1, -0.05) is 11.6 Å². The second kappa shape index (κ2) is 8.81. The van der Waals surface area contributed by atoms with E-state index in [9.17, 15) is 4.79 Å². The monoisotopic (exact) mass is 297 g/mol. The van der Waals surface area contributed by atoms with Crippen LogP contribution >= 0.6 is 35.2 Å². The van der Waals surface area contributed by atoms with E-state index >= 15 is 0 Å². The van der Waals surface area contributed by atoms with Crippen molar-refractivity contribution in [2.24, 2.45) is 0 Å². The van der Waals surface area contributed by atoms with Gasteiger partial charge in [0.15, 0.2) is 17.4 Å². The summed E-state index contributed by atoms with van der Waals surface area (Å²) in [7, 11) is 0. The van der Waals surface area contributed by atoms with E-state index in [0.29, 0.717) is 3.94 Å². The van der Waals surface area contributed by atoms with Crippen LogP contribution in [-0.2, 0) is 31.0 Å². The number of aliphatic carboxylic acids is 1. The number of rotatable bonds is 2. The second-order valence-corrected chi connectivity index (χ2v) is 2.25. The summed E-state index contributed by atoms with van der Waals surface area (Å²) in [5.41, 5.74) is -1.38. The van der Waals surface area contributed by atoms with E-state index in [4.69, 9.17) is 40.3 Å². The third-order valence-electron chi connectivity index (χ3n) is 0.375. The molecule has 0 aromatic heterocycles. The van der Waals surface area contributed by atoms with Crippen molar-refractivity contribution in [3.63, 3.8) is 0 Å². The number of carboxylic acids is 1. The van der Waals surface area contributed by atoms with Crippen LogP contribution in [0, 0.1) is 0 Å². The molecule has 0 radical (unpaired) electrons. The molecule has 1 N–H and O–H groups in total. The molecule has 10 heavy (non-hydrogen) atoms. The molecular weight excluding hydrogens is 295 g/mol. The Balaban J connectivity index is -0.000000245. The Kier molecular flexibility index (Phi) is 15.6. The minimum atomic E-state index is -1.38. The van der Waals surface area contributed by atoms with Crippen LogP contribution in [0.4, 0.5) is 0 Å². The van der Waals surface area contributed by atoms with Gasteiger partial charge in [0, 0.05) is 26.2 Å². The van der Waals surface area contributed by atoms with Gasteiger partial charge in [-0.15, -0.1) is 3.94 Å². The summed E-state index contributed by atoms with van der Waals surface area (Å²) in [6.07, 6.45) is 0. The number of hydrogen-bond donors (Lipinski definition) is 1. The van der Waals surface area contributed by atoms with Gasteiger partial charge in [-0.2, -0.15) is 0 Å². The smallest absolute Gasteiger partial charge is 0.339 e. The largest absolute Gasteiger partial charge is 0.479 e. The van der Waals surface area contributed by atoms with E-state index in [2.05, 4.69) is 0 Å². The molecule has 8 heteroatoms. The summed E-state index contributed by atoms with van der Waals surface area (Å²) >= 11 is 14.8. The predicted molar refractivity (Wildman–Crippen MR) is 40.8 cm³/mol. The summed E-state index contributed by atoms with van der Waals surface area (Å²) in [6, 6.07) is 0. The average molecular weight is 300 g/mol. The van der Waals surface area contributed by atoms with Gasteiger partial charge < -0.3 is 5.11 Å². The van der Waals surface area contributed by atoms with Crippen molar-refractivity contribution in [3.8, 4) is 0 Å². The number of hydrogen-bond acceptors (Lipinski definition) is 2. The molecule has 0 saturated heterocycles. The Morgan fingerprint density at radius 1 is 1.50 bits per heavy atom. The van der Waals surface area contributed by atoms with Crippen molar-refractivity contribution < 1.29 is 36.1 Å². The molecule has 3 nitrogen and oxygen atoms in total. The van der Waals surface area contributed by atoms with Crippen LogP contribution in [0.5, 0.6) is 0 Å². The molecule has 0 aromatic carbocycles. The minimum absolute atomic E-state index is 0. The molecule has 0 aliphatic rings. The van der Waals surface area contributed by atoms with Crippen molar-refractivity contribution in [2.75, 3.05) is 0 Å². The molecule has 0 aliphatic heterocycles. The van der Waals surface area contributed by atoms with Crippen LogP contribution in [-0.4, -0.2) is 37.9 Å². The Labute approximate surface area is 103 Å². The zero-order valence-corrected chi connectivity index (χ0v) is 8.74. The van der Waals surface area contributed by atoms with E-state index < -0.39 is 11.5 Å². The summed E-state index contributed by atoms with van der Waals surface area (Å²) < 4.78 is 0.351. The van der Waals surface area contributed by atoms with Crippen LogP contribution in [0.15, 0.2) is 0 Å². The molecule has 0 aromatic rings. The van der Waals surface area contributed by atoms with Crippen LogP contribution in [0.1, 0.15) is 0 Å². The first-order chi connectivity index (χ1) is 3.55. The first-order valence-corrected chi connectivity index (χ1v) is 2.64. The van der Waals surface area contributed by atoms with E-state index in [1.165, 1.54) is 0 Å². The molecule has 0 fully saturated rings. The van der Waals surface area contributed by atoms with Gasteiger partial charge in [0.1, 0.15) is 0 Å². The van der Waals surface area contributed by atoms with E-state index in [0.717, 1.165) is 0 Å². The molecule has 0 aliphatic carbocycles. The van der Waals surface area contributed by atoms with E-state index in [-0.39, 0.29) is 43.6 Å². The maximum Gasteiger partial charge on any atom is 0.339 e. The summed E-state index contributed by atoms with van der Waals surface area (Å²) in [5.74, 6) is -1.28. The molecule has 1 atom stereocenters. The van der Waals surface area contributed by atoms with Gasteiger partial charge in [-0.3, -0.25) is 0 Å². The molecule has 58 valence electrons. The average Bonchev–Trinajstić information content (AvgIpc) is 1.64. The van der Waals surface area contributed by atoms with Crippen LogP contribution in [0.2, 0.25) is 0 Å². The molecule has 0 amide bonds. The van der Waals surface area contributed by atoms with E-state index in [1.807, 2.05) is 0 Å². The Bertz CT molecular complexity index is 105. The standard InChI is InChI=1S/C2H2Cl3NO2.Al.Zr.3H/c3-1(2(7)8)6(4)5;;;;;/h1H,(H,7,8);;;;;. The number of carboxylic acid groups (broad SMARTS) is 1. The SMILES string of the molecule is O=C(O)C(Cl)N(Cl)Cl.[AlH3].[Zr]. The third kappa shape index (κ3) is 7.82. The fraction of sp³-hybridized carbons (Fsp3) is 0.500. The Morgan fingerprint density at radius 2 is 1.80 bits per heavy atom. The van der Waals surface area contributed by atoms with Gasteiger partial charge in [0.05, 0.1) is 0 Å². The van der Waals surface area contributed by atoms with Crippen LogP contribution in [0.3, 0.4) is 0 Å². The summed E-state index contributed by atoms with van der Waals surface area (Å²) in [4.78, 5) is 9.80. The normalized spacial score (nSPS) is 11.2. The molecule has 0 heterocycles. The maximum absolute atomic E-state index is 9.80. The maximum atomic E-state index is 9.80. The number of carbonyl (C=O) groups is 1. The second-order valence-electron chi connectivity index (χ2n) is 0.933. The number of nitrogens with zero attached hydrogens (tertiary/aromatic N) is 1. The Morgan fingerprint density at radius 3 is 1.80 bits per heavy atom. The zero-order valence-electron chi connectivity index (χ0n) is 4.01. The zero-order chi connectivity index (χ0) is 6.73. The quantitative estimate of drug-likeness (QED) is 0.339. The van der Waals surface area contributed by atoms with Gasteiger partial charge in [-0.25, -0.2) is 4.79 Å². The first-order valence-electron chi connectivity index (χ1n) is 1.53. The van der Waals surface area contributed by atoms with E-state index in [1.54, 1.807) is 0 Å². The fourth-order valence-electron chi connectivity index (χ4n) is 0.0835. The third-order valence-corrected chi connectivity index (χ3v) is 1.35. The molecular formula is C2H5AlCl3NO2Zr. The molecule has 0 spiro atoms. The molecule has 1 unspecified atom stereocenters. The Hall–Kier alpha value is 1.72. The predicted octanol–water partition coefficient (Wildman–Crippen LogP) is 0.0591. The van der Waals surface area contributed by atoms with Crippen molar-refractivity contribution in [1.82, 2.24) is 3.94 Å². The molecule has 0 bridgehead atoms. The summed E-state index contributed by atoms with van der Waals surface area (Å²) in [5, 5.41) is 8.01. The van der Waals surface area contributed by atoms with Crippen LogP contribution < -0.4 is 0 Å². The number of alkyl halides is 1. The van der Waals surface area contributed by atoms with Crippen molar-refractivity contribution in [3.05, 3.63) is 0 Å². The van der Waals surface area contributed by atoms with Gasteiger partial charge in [0.2, 0.25) is 5.50 Å². The molecule has 0 rings (SSSR count). The topological polar surface area (TPSA) is 40.5 Å². The van der Waals surface area contributed by atoms with Crippen molar-refractivity contribution in [1.29, 1.82) is 0 Å². The van der Waals surface area contributed by atoms with Gasteiger partial charge in [0.25, 0.3) is 0 Å². The van der Waals surface area contributed by atoms with Crippen molar-refractivity contribution >= 4 is 58.5 Å². The number of halogens is 3. The fourth-order valence-corrected chi connectivity index (χ4v) is 0.250. The minimum Gasteiger partial charge on any atom is -0.479 e.